The number of benzene rings is 1. The van der Waals surface area contributed by atoms with Crippen molar-refractivity contribution in [3.05, 3.63) is 43.9 Å². The van der Waals surface area contributed by atoms with Gasteiger partial charge < -0.3 is 9.72 Å². The number of nitrogens with one attached hydrogen (secondary N) is 1. The van der Waals surface area contributed by atoms with Gasteiger partial charge in [0.25, 0.3) is 0 Å². The van der Waals surface area contributed by atoms with Gasteiger partial charge in [-0.2, -0.15) is 0 Å². The van der Waals surface area contributed by atoms with Crippen LogP contribution in [0.4, 0.5) is 0 Å². The molecule has 4 nitrogen and oxygen atoms in total. The molecule has 1 N–H and O–H groups in total. The standard InChI is InChI=1S/C16H20N2O2S/c1-11-3-4-13(12(2)9-11)15-14(21-16(19)17-15)10-18-5-7-20-8-6-18/h3-4,9H,5-8,10H2,1-2H3,(H,17,19). The van der Waals surface area contributed by atoms with E-state index >= 15 is 0 Å². The number of hydrogen-bond acceptors (Lipinski definition) is 4. The predicted octanol–water partition coefficient (Wildman–Crippen LogP) is 2.55. The van der Waals surface area contributed by atoms with Gasteiger partial charge >= 0.3 is 4.87 Å². The van der Waals surface area contributed by atoms with E-state index in [9.17, 15) is 4.79 Å². The van der Waals surface area contributed by atoms with Crippen LogP contribution in [-0.2, 0) is 11.3 Å². The van der Waals surface area contributed by atoms with Crippen LogP contribution >= 0.6 is 11.3 Å². The van der Waals surface area contributed by atoms with Crippen molar-refractivity contribution in [2.24, 2.45) is 0 Å². The van der Waals surface area contributed by atoms with Crippen LogP contribution in [0.1, 0.15) is 16.0 Å². The number of rotatable bonds is 3. The van der Waals surface area contributed by atoms with Crippen LogP contribution in [0.5, 0.6) is 0 Å². The summed E-state index contributed by atoms with van der Waals surface area (Å²) >= 11 is 1.32. The third-order valence-electron chi connectivity index (χ3n) is 3.84. The largest absolute Gasteiger partial charge is 0.379 e. The van der Waals surface area contributed by atoms with Crippen molar-refractivity contribution in [3.8, 4) is 11.3 Å². The molecule has 0 amide bonds. The Morgan fingerprint density at radius 2 is 2.05 bits per heavy atom. The average molecular weight is 304 g/mol. The molecule has 1 aliphatic heterocycles. The molecule has 1 fully saturated rings. The summed E-state index contributed by atoms with van der Waals surface area (Å²) in [5.74, 6) is 0. The van der Waals surface area contributed by atoms with Crippen molar-refractivity contribution in [2.45, 2.75) is 20.4 Å². The minimum Gasteiger partial charge on any atom is -0.379 e. The van der Waals surface area contributed by atoms with Gasteiger partial charge in [0.15, 0.2) is 0 Å². The molecule has 2 heterocycles. The highest BCUT2D eigenvalue weighted by atomic mass is 32.1. The van der Waals surface area contributed by atoms with E-state index in [1.54, 1.807) is 0 Å². The number of aromatic nitrogens is 1. The molecule has 0 radical (unpaired) electrons. The summed E-state index contributed by atoms with van der Waals surface area (Å²) in [5.41, 5.74) is 4.55. The minimum atomic E-state index is 0.0215. The van der Waals surface area contributed by atoms with Gasteiger partial charge in [0.1, 0.15) is 0 Å². The van der Waals surface area contributed by atoms with E-state index in [4.69, 9.17) is 4.74 Å². The topological polar surface area (TPSA) is 45.3 Å². The lowest BCUT2D eigenvalue weighted by atomic mass is 10.0. The molecule has 0 spiro atoms. The summed E-state index contributed by atoms with van der Waals surface area (Å²) in [6, 6.07) is 6.35. The second-order valence-corrected chi connectivity index (χ2v) is 6.59. The molecule has 1 aromatic heterocycles. The maximum absolute atomic E-state index is 11.8. The molecular formula is C16H20N2O2S. The minimum absolute atomic E-state index is 0.0215. The van der Waals surface area contributed by atoms with E-state index in [1.165, 1.54) is 22.5 Å². The fourth-order valence-electron chi connectivity index (χ4n) is 2.75. The Labute approximate surface area is 128 Å². The Balaban J connectivity index is 1.93. The molecule has 0 saturated carbocycles. The molecule has 1 aromatic carbocycles. The summed E-state index contributed by atoms with van der Waals surface area (Å²) in [5, 5.41) is 0. The van der Waals surface area contributed by atoms with Crippen LogP contribution in [0.15, 0.2) is 23.0 Å². The second-order valence-electron chi connectivity index (χ2n) is 5.52. The molecule has 0 bridgehead atoms. The Kier molecular flexibility index (Phi) is 4.24. The number of H-pyrrole nitrogens is 1. The van der Waals surface area contributed by atoms with Crippen molar-refractivity contribution in [2.75, 3.05) is 26.3 Å². The van der Waals surface area contributed by atoms with Gasteiger partial charge in [-0.15, -0.1) is 0 Å². The number of thiazole rings is 1. The molecule has 1 saturated heterocycles. The number of aromatic amines is 1. The van der Waals surface area contributed by atoms with Gasteiger partial charge in [-0.1, -0.05) is 35.1 Å². The van der Waals surface area contributed by atoms with Gasteiger partial charge in [0.2, 0.25) is 0 Å². The lowest BCUT2D eigenvalue weighted by Gasteiger charge is -2.26. The number of ether oxygens (including phenoxy) is 1. The first-order valence-corrected chi connectivity index (χ1v) is 8.05. The zero-order chi connectivity index (χ0) is 14.8. The fourth-order valence-corrected chi connectivity index (χ4v) is 3.63. The van der Waals surface area contributed by atoms with Gasteiger partial charge in [-0.3, -0.25) is 9.69 Å². The van der Waals surface area contributed by atoms with E-state index in [1.807, 2.05) is 0 Å². The van der Waals surface area contributed by atoms with Gasteiger partial charge in [-0.05, 0) is 19.4 Å². The van der Waals surface area contributed by atoms with E-state index in [2.05, 4.69) is 41.9 Å². The molecule has 0 atom stereocenters. The van der Waals surface area contributed by atoms with Gasteiger partial charge in [0.05, 0.1) is 18.9 Å². The first-order valence-electron chi connectivity index (χ1n) is 7.23. The third-order valence-corrected chi connectivity index (χ3v) is 4.71. The SMILES string of the molecule is Cc1ccc(-c2[nH]c(=O)sc2CN2CCOCC2)c(C)c1. The molecular weight excluding hydrogens is 284 g/mol. The monoisotopic (exact) mass is 304 g/mol. The van der Waals surface area contributed by atoms with E-state index in [0.717, 1.165) is 49.0 Å². The molecule has 1 aliphatic rings. The smallest absolute Gasteiger partial charge is 0.305 e. The molecule has 5 heteroatoms. The summed E-state index contributed by atoms with van der Waals surface area (Å²) < 4.78 is 5.38. The van der Waals surface area contributed by atoms with Gasteiger partial charge in [0, 0.05) is 30.1 Å². The Bertz CT molecular complexity index is 684. The zero-order valence-corrected chi connectivity index (χ0v) is 13.3. The van der Waals surface area contributed by atoms with E-state index < -0.39 is 0 Å². The van der Waals surface area contributed by atoms with Crippen molar-refractivity contribution < 1.29 is 4.74 Å². The average Bonchev–Trinajstić information content (AvgIpc) is 2.80. The Morgan fingerprint density at radius 1 is 1.29 bits per heavy atom. The third kappa shape index (κ3) is 3.26. The number of nitrogens with zero attached hydrogens (tertiary/aromatic N) is 1. The van der Waals surface area contributed by atoms with Crippen LogP contribution in [0.2, 0.25) is 0 Å². The molecule has 112 valence electrons. The van der Waals surface area contributed by atoms with Crippen molar-refractivity contribution in [1.29, 1.82) is 0 Å². The molecule has 0 aliphatic carbocycles. The highest BCUT2D eigenvalue weighted by molar-refractivity contribution is 7.09. The van der Waals surface area contributed by atoms with Crippen LogP contribution in [-0.4, -0.2) is 36.2 Å². The zero-order valence-electron chi connectivity index (χ0n) is 12.4. The first-order chi connectivity index (χ1) is 10.1. The maximum atomic E-state index is 11.8. The van der Waals surface area contributed by atoms with Crippen molar-refractivity contribution >= 4 is 11.3 Å². The summed E-state index contributed by atoms with van der Waals surface area (Å²) in [6.45, 7) is 8.40. The van der Waals surface area contributed by atoms with Crippen LogP contribution in [0.3, 0.4) is 0 Å². The summed E-state index contributed by atoms with van der Waals surface area (Å²) in [6.07, 6.45) is 0. The van der Waals surface area contributed by atoms with Crippen LogP contribution in [0, 0.1) is 13.8 Å². The lowest BCUT2D eigenvalue weighted by Crippen LogP contribution is -2.35. The Morgan fingerprint density at radius 3 is 2.76 bits per heavy atom. The maximum Gasteiger partial charge on any atom is 0.305 e. The number of aryl methyl sites for hydroxylation is 2. The van der Waals surface area contributed by atoms with Gasteiger partial charge in [-0.25, -0.2) is 0 Å². The van der Waals surface area contributed by atoms with E-state index in [-0.39, 0.29) is 4.87 Å². The van der Waals surface area contributed by atoms with E-state index in [0.29, 0.717) is 0 Å². The molecule has 3 rings (SSSR count). The fraction of sp³-hybridized carbons (Fsp3) is 0.438. The van der Waals surface area contributed by atoms with Crippen LogP contribution < -0.4 is 4.87 Å². The molecule has 0 unspecified atom stereocenters. The number of hydrogen-bond donors (Lipinski definition) is 1. The number of morpholine rings is 1. The quantitative estimate of drug-likeness (QED) is 0.948. The summed E-state index contributed by atoms with van der Waals surface area (Å²) in [7, 11) is 0. The summed E-state index contributed by atoms with van der Waals surface area (Å²) in [4.78, 5) is 18.3. The molecule has 21 heavy (non-hydrogen) atoms. The Hall–Kier alpha value is -1.43. The highest BCUT2D eigenvalue weighted by Gasteiger charge is 2.17. The van der Waals surface area contributed by atoms with Crippen molar-refractivity contribution in [1.82, 2.24) is 9.88 Å². The second kappa shape index (κ2) is 6.13. The molecule has 2 aromatic rings. The predicted molar refractivity (Wildman–Crippen MR) is 85.9 cm³/mol. The normalized spacial score (nSPS) is 16.3. The van der Waals surface area contributed by atoms with Crippen LogP contribution in [0.25, 0.3) is 11.3 Å². The highest BCUT2D eigenvalue weighted by Crippen LogP contribution is 2.28. The van der Waals surface area contributed by atoms with Crippen molar-refractivity contribution in [3.63, 3.8) is 0 Å². The first kappa shape index (κ1) is 14.5. The lowest BCUT2D eigenvalue weighted by molar-refractivity contribution is 0.0347.